The quantitative estimate of drug-likeness (QED) is 0.458. The Morgan fingerprint density at radius 1 is 1.33 bits per heavy atom. The van der Waals surface area contributed by atoms with E-state index in [1.165, 1.54) is 11.1 Å². The standard InChI is InChI=1S/C10H11NO/c1-7-2-4-9-8(6-7)3-5-10(9)11-12/h2,4,6,12H,3,5H2,1H3. The van der Waals surface area contributed by atoms with Crippen LogP contribution in [0.2, 0.25) is 0 Å². The number of rotatable bonds is 0. The fourth-order valence-corrected chi connectivity index (χ4v) is 1.70. The lowest BCUT2D eigenvalue weighted by molar-refractivity contribution is 0.318. The highest BCUT2D eigenvalue weighted by molar-refractivity contribution is 6.04. The summed E-state index contributed by atoms with van der Waals surface area (Å²) in [6.45, 7) is 2.08. The van der Waals surface area contributed by atoms with Crippen LogP contribution in [0.1, 0.15) is 23.1 Å². The van der Waals surface area contributed by atoms with Crippen molar-refractivity contribution in [3.05, 3.63) is 34.9 Å². The lowest BCUT2D eigenvalue weighted by atomic mass is 10.1. The molecule has 2 nitrogen and oxygen atoms in total. The largest absolute Gasteiger partial charge is 0.411 e. The van der Waals surface area contributed by atoms with Gasteiger partial charge in [-0.15, -0.1) is 0 Å². The molecular formula is C10H11NO. The molecule has 0 amide bonds. The van der Waals surface area contributed by atoms with Crippen LogP contribution in [0.4, 0.5) is 0 Å². The first-order valence-electron chi connectivity index (χ1n) is 4.12. The van der Waals surface area contributed by atoms with Crippen LogP contribution in [-0.2, 0) is 6.42 Å². The van der Waals surface area contributed by atoms with Crippen LogP contribution in [0.15, 0.2) is 23.4 Å². The third kappa shape index (κ3) is 0.998. The van der Waals surface area contributed by atoms with Crippen molar-refractivity contribution in [1.29, 1.82) is 0 Å². The first-order chi connectivity index (χ1) is 5.81. The van der Waals surface area contributed by atoms with Gasteiger partial charge in [0.2, 0.25) is 0 Å². The van der Waals surface area contributed by atoms with Crippen molar-refractivity contribution < 1.29 is 5.21 Å². The van der Waals surface area contributed by atoms with Crippen LogP contribution in [0, 0.1) is 6.92 Å². The molecule has 0 unspecified atom stereocenters. The fraction of sp³-hybridized carbons (Fsp3) is 0.300. The summed E-state index contributed by atoms with van der Waals surface area (Å²) in [5, 5.41) is 11.9. The van der Waals surface area contributed by atoms with Crippen LogP contribution in [0.5, 0.6) is 0 Å². The molecule has 0 atom stereocenters. The minimum absolute atomic E-state index is 0.824. The zero-order chi connectivity index (χ0) is 8.55. The van der Waals surface area contributed by atoms with Gasteiger partial charge >= 0.3 is 0 Å². The Hall–Kier alpha value is -1.31. The predicted molar refractivity (Wildman–Crippen MR) is 47.8 cm³/mol. The number of aryl methyl sites for hydroxylation is 2. The summed E-state index contributed by atoms with van der Waals surface area (Å²) in [7, 11) is 0. The van der Waals surface area contributed by atoms with Crippen molar-refractivity contribution in [2.24, 2.45) is 5.16 Å². The molecule has 0 bridgehead atoms. The minimum Gasteiger partial charge on any atom is -0.411 e. The minimum atomic E-state index is 0.824. The average Bonchev–Trinajstić information content (AvgIpc) is 2.46. The zero-order valence-corrected chi connectivity index (χ0v) is 7.04. The summed E-state index contributed by atoms with van der Waals surface area (Å²) in [4.78, 5) is 0. The van der Waals surface area contributed by atoms with E-state index >= 15 is 0 Å². The van der Waals surface area contributed by atoms with Gasteiger partial charge in [0, 0.05) is 5.56 Å². The van der Waals surface area contributed by atoms with Crippen LogP contribution in [0.25, 0.3) is 0 Å². The van der Waals surface area contributed by atoms with Crippen LogP contribution < -0.4 is 0 Å². The van der Waals surface area contributed by atoms with Gasteiger partial charge in [-0.25, -0.2) is 0 Å². The lowest BCUT2D eigenvalue weighted by Crippen LogP contribution is -1.93. The van der Waals surface area contributed by atoms with Gasteiger partial charge in [-0.1, -0.05) is 28.9 Å². The summed E-state index contributed by atoms with van der Waals surface area (Å²) in [5.41, 5.74) is 4.52. The normalized spacial score (nSPS) is 18.2. The van der Waals surface area contributed by atoms with Gasteiger partial charge in [-0.05, 0) is 25.3 Å². The van der Waals surface area contributed by atoms with Gasteiger partial charge in [0.25, 0.3) is 0 Å². The highest BCUT2D eigenvalue weighted by atomic mass is 16.4. The van der Waals surface area contributed by atoms with Gasteiger partial charge in [-0.2, -0.15) is 0 Å². The van der Waals surface area contributed by atoms with Gasteiger partial charge in [0.15, 0.2) is 0 Å². The molecule has 0 aromatic heterocycles. The van der Waals surface area contributed by atoms with Crippen molar-refractivity contribution >= 4 is 5.71 Å². The van der Waals surface area contributed by atoms with E-state index in [2.05, 4.69) is 24.2 Å². The lowest BCUT2D eigenvalue weighted by Gasteiger charge is -1.98. The molecule has 62 valence electrons. The first-order valence-corrected chi connectivity index (χ1v) is 4.12. The fourth-order valence-electron chi connectivity index (χ4n) is 1.70. The van der Waals surface area contributed by atoms with Crippen molar-refractivity contribution in [3.8, 4) is 0 Å². The molecule has 2 heteroatoms. The second-order valence-corrected chi connectivity index (χ2v) is 3.21. The van der Waals surface area contributed by atoms with E-state index in [-0.39, 0.29) is 0 Å². The number of fused-ring (bicyclic) bond motifs is 1. The molecule has 1 aliphatic rings. The molecule has 0 heterocycles. The Morgan fingerprint density at radius 2 is 2.17 bits per heavy atom. The molecule has 0 saturated heterocycles. The van der Waals surface area contributed by atoms with Crippen LogP contribution in [-0.4, -0.2) is 10.9 Å². The van der Waals surface area contributed by atoms with E-state index < -0.39 is 0 Å². The summed E-state index contributed by atoms with van der Waals surface area (Å²) in [6, 6.07) is 6.25. The number of nitrogens with zero attached hydrogens (tertiary/aromatic N) is 1. The molecule has 1 N–H and O–H groups in total. The van der Waals surface area contributed by atoms with Crippen molar-refractivity contribution in [2.45, 2.75) is 19.8 Å². The van der Waals surface area contributed by atoms with Gasteiger partial charge in [-0.3, -0.25) is 0 Å². The Morgan fingerprint density at radius 3 is 2.92 bits per heavy atom. The molecule has 1 aromatic rings. The van der Waals surface area contributed by atoms with E-state index in [4.69, 9.17) is 5.21 Å². The van der Waals surface area contributed by atoms with E-state index in [0.717, 1.165) is 24.1 Å². The molecule has 1 aliphatic carbocycles. The molecule has 12 heavy (non-hydrogen) atoms. The predicted octanol–water partition coefficient (Wildman–Crippen LogP) is 2.12. The molecule has 1 aromatic carbocycles. The van der Waals surface area contributed by atoms with Crippen molar-refractivity contribution in [3.63, 3.8) is 0 Å². The molecule has 0 spiro atoms. The molecular weight excluding hydrogens is 150 g/mol. The monoisotopic (exact) mass is 161 g/mol. The smallest absolute Gasteiger partial charge is 0.0873 e. The van der Waals surface area contributed by atoms with Crippen LogP contribution in [0.3, 0.4) is 0 Å². The number of hydrogen-bond donors (Lipinski definition) is 1. The number of hydrogen-bond acceptors (Lipinski definition) is 2. The highest BCUT2D eigenvalue weighted by Crippen LogP contribution is 2.23. The van der Waals surface area contributed by atoms with Crippen molar-refractivity contribution in [1.82, 2.24) is 0 Å². The second-order valence-electron chi connectivity index (χ2n) is 3.21. The average molecular weight is 161 g/mol. The van der Waals surface area contributed by atoms with E-state index in [0.29, 0.717) is 0 Å². The molecule has 2 rings (SSSR count). The molecule has 0 saturated carbocycles. The van der Waals surface area contributed by atoms with Gasteiger partial charge < -0.3 is 5.21 Å². The van der Waals surface area contributed by atoms with Crippen LogP contribution >= 0.6 is 0 Å². The number of oxime groups is 1. The Bertz CT molecular complexity index is 342. The SMILES string of the molecule is Cc1ccc2c(c1)CCC2=NO. The third-order valence-corrected chi connectivity index (χ3v) is 2.32. The topological polar surface area (TPSA) is 32.6 Å². The first kappa shape index (κ1) is 7.35. The molecule has 0 fully saturated rings. The molecule has 0 radical (unpaired) electrons. The van der Waals surface area contributed by atoms with E-state index in [9.17, 15) is 0 Å². The maximum Gasteiger partial charge on any atom is 0.0873 e. The summed E-state index contributed by atoms with van der Waals surface area (Å²) < 4.78 is 0. The summed E-state index contributed by atoms with van der Waals surface area (Å²) in [6.07, 6.45) is 1.88. The summed E-state index contributed by atoms with van der Waals surface area (Å²) in [5.74, 6) is 0. The van der Waals surface area contributed by atoms with Gasteiger partial charge in [0.1, 0.15) is 0 Å². The number of benzene rings is 1. The van der Waals surface area contributed by atoms with Crippen molar-refractivity contribution in [2.75, 3.05) is 0 Å². The van der Waals surface area contributed by atoms with E-state index in [1.54, 1.807) is 0 Å². The third-order valence-electron chi connectivity index (χ3n) is 2.32. The zero-order valence-electron chi connectivity index (χ0n) is 7.04. The Balaban J connectivity index is 2.55. The maximum absolute atomic E-state index is 8.67. The second kappa shape index (κ2) is 2.63. The maximum atomic E-state index is 8.67. The molecule has 0 aliphatic heterocycles. The summed E-state index contributed by atoms with van der Waals surface area (Å²) >= 11 is 0. The Kier molecular flexibility index (Phi) is 1.61. The highest BCUT2D eigenvalue weighted by Gasteiger charge is 2.17. The Labute approximate surface area is 71.5 Å². The van der Waals surface area contributed by atoms with E-state index in [1.807, 2.05) is 6.07 Å². The van der Waals surface area contributed by atoms with Gasteiger partial charge in [0.05, 0.1) is 5.71 Å².